The number of nitrogens with zero attached hydrogens (tertiary/aromatic N) is 1. The molecule has 25 heavy (non-hydrogen) atoms. The van der Waals surface area contributed by atoms with Crippen molar-refractivity contribution in [1.82, 2.24) is 9.97 Å². The predicted molar refractivity (Wildman–Crippen MR) is 96.6 cm³/mol. The van der Waals surface area contributed by atoms with Gasteiger partial charge in [-0.25, -0.2) is 9.00 Å². The molecule has 0 saturated carbocycles. The van der Waals surface area contributed by atoms with Gasteiger partial charge in [-0.15, -0.1) is 0 Å². The van der Waals surface area contributed by atoms with Gasteiger partial charge in [-0.2, -0.15) is 0 Å². The van der Waals surface area contributed by atoms with Crippen LogP contribution in [0.25, 0.3) is 11.1 Å². The number of imidazole rings is 1. The third-order valence-electron chi connectivity index (χ3n) is 3.81. The van der Waals surface area contributed by atoms with Gasteiger partial charge >= 0.3 is 5.69 Å². The molecule has 0 bridgehead atoms. The lowest BCUT2D eigenvalue weighted by Gasteiger charge is -2.19. The maximum absolute atomic E-state index is 11.7. The van der Waals surface area contributed by atoms with Gasteiger partial charge in [0, 0.05) is 0 Å². The molecule has 130 valence electrons. The first-order valence-electron chi connectivity index (χ1n) is 7.50. The van der Waals surface area contributed by atoms with Crippen molar-refractivity contribution in [3.63, 3.8) is 0 Å². The molecule has 4 N–H and O–H groups in total. The van der Waals surface area contributed by atoms with Crippen LogP contribution in [0.1, 0.15) is 11.3 Å². The van der Waals surface area contributed by atoms with E-state index in [2.05, 4.69) is 9.97 Å². The van der Waals surface area contributed by atoms with Gasteiger partial charge in [0.1, 0.15) is 5.69 Å². The van der Waals surface area contributed by atoms with E-state index in [1.807, 2.05) is 43.3 Å². The molecule has 0 aliphatic heterocycles. The molecule has 0 radical (unpaired) electrons. The quantitative estimate of drug-likeness (QED) is 0.525. The van der Waals surface area contributed by atoms with E-state index >= 15 is 0 Å². The summed E-state index contributed by atoms with van der Waals surface area (Å²) in [6, 6.07) is 15.2. The van der Waals surface area contributed by atoms with Crippen LogP contribution in [-0.4, -0.2) is 23.8 Å². The van der Waals surface area contributed by atoms with Gasteiger partial charge < -0.3 is 10.1 Å². The van der Waals surface area contributed by atoms with Crippen LogP contribution >= 0.6 is 0 Å². The molecule has 8 heteroatoms. The first-order chi connectivity index (χ1) is 11.9. The van der Waals surface area contributed by atoms with E-state index in [1.165, 1.54) is 5.56 Å². The molecule has 0 spiro atoms. The summed E-state index contributed by atoms with van der Waals surface area (Å²) in [6.07, 6.45) is 0. The highest BCUT2D eigenvalue weighted by molar-refractivity contribution is 7.80. The highest BCUT2D eigenvalue weighted by Crippen LogP contribution is 2.25. The molecule has 1 aromatic heterocycles. The number of aromatic nitrogens is 2. The molecule has 0 saturated heterocycles. The Morgan fingerprint density at radius 2 is 1.56 bits per heavy atom. The SMILES string of the molecule is Cc1ccc(-c2ccc(N(Cc3[nH]c(=O)[nH]c3O)S(=O)O)cc2)cc1. The monoisotopic (exact) mass is 359 g/mol. The molecule has 7 nitrogen and oxygen atoms in total. The Morgan fingerprint density at radius 1 is 1.00 bits per heavy atom. The second kappa shape index (κ2) is 6.96. The first kappa shape index (κ1) is 17.0. The molecular weight excluding hydrogens is 342 g/mol. The van der Waals surface area contributed by atoms with Crippen LogP contribution < -0.4 is 9.99 Å². The maximum atomic E-state index is 11.7. The number of hydrogen-bond acceptors (Lipinski definition) is 3. The molecular formula is C17H17N3O4S. The highest BCUT2D eigenvalue weighted by atomic mass is 32.2. The van der Waals surface area contributed by atoms with Gasteiger partial charge in [0.2, 0.25) is 5.88 Å². The van der Waals surface area contributed by atoms with E-state index in [9.17, 15) is 18.7 Å². The van der Waals surface area contributed by atoms with Crippen LogP contribution in [0.15, 0.2) is 53.3 Å². The Morgan fingerprint density at radius 3 is 2.04 bits per heavy atom. The summed E-state index contributed by atoms with van der Waals surface area (Å²) in [5.74, 6) is -0.350. The van der Waals surface area contributed by atoms with Gasteiger partial charge in [-0.3, -0.25) is 13.8 Å². The lowest BCUT2D eigenvalue weighted by Crippen LogP contribution is -2.25. The summed E-state index contributed by atoms with van der Waals surface area (Å²) in [5, 5.41) is 9.63. The molecule has 1 atom stereocenters. The number of benzene rings is 2. The summed E-state index contributed by atoms with van der Waals surface area (Å²) >= 11 is -2.32. The molecule has 0 aliphatic rings. The smallest absolute Gasteiger partial charge is 0.326 e. The Bertz CT molecular complexity index is 945. The average molecular weight is 359 g/mol. The standard InChI is InChI=1S/C17H17N3O4S/c1-11-2-4-12(5-3-11)13-6-8-14(9-7-13)20(25(23)24)10-15-16(21)19-17(22)18-15/h2-9,21H,10H2,1H3,(H,23,24)(H2,18,19,22). The summed E-state index contributed by atoms with van der Waals surface area (Å²) in [7, 11) is 0. The zero-order valence-corrected chi connectivity index (χ0v) is 14.2. The van der Waals surface area contributed by atoms with E-state index in [1.54, 1.807) is 12.1 Å². The predicted octanol–water partition coefficient (Wildman–Crippen LogP) is 2.53. The van der Waals surface area contributed by atoms with Gasteiger partial charge in [0.15, 0.2) is 0 Å². The molecule has 2 aromatic carbocycles. The number of aryl methyl sites for hydroxylation is 1. The molecule has 1 unspecified atom stereocenters. The van der Waals surface area contributed by atoms with Crippen LogP contribution in [0.5, 0.6) is 5.88 Å². The Kier molecular flexibility index (Phi) is 4.73. The number of anilines is 1. The van der Waals surface area contributed by atoms with Crippen molar-refractivity contribution in [3.8, 4) is 17.0 Å². The summed E-state index contributed by atoms with van der Waals surface area (Å²) < 4.78 is 22.4. The number of aromatic hydroxyl groups is 1. The van der Waals surface area contributed by atoms with Crippen molar-refractivity contribution in [2.45, 2.75) is 13.5 Å². The van der Waals surface area contributed by atoms with Crippen LogP contribution in [0, 0.1) is 6.92 Å². The highest BCUT2D eigenvalue weighted by Gasteiger charge is 2.17. The molecule has 1 heterocycles. The largest absolute Gasteiger partial charge is 0.493 e. The van der Waals surface area contributed by atoms with Gasteiger partial charge in [0.05, 0.1) is 12.2 Å². The Hall–Kier alpha value is -2.84. The van der Waals surface area contributed by atoms with E-state index in [4.69, 9.17) is 0 Å². The fourth-order valence-electron chi connectivity index (χ4n) is 2.47. The molecule has 3 aromatic rings. The second-order valence-corrected chi connectivity index (χ2v) is 6.49. The zero-order chi connectivity index (χ0) is 18.0. The first-order valence-corrected chi connectivity index (χ1v) is 8.56. The molecule has 0 fully saturated rings. The number of rotatable bonds is 5. The van der Waals surface area contributed by atoms with Crippen LogP contribution in [0.3, 0.4) is 0 Å². The van der Waals surface area contributed by atoms with Crippen LogP contribution in [0.4, 0.5) is 5.69 Å². The maximum Gasteiger partial charge on any atom is 0.326 e. The Balaban J connectivity index is 1.87. The van der Waals surface area contributed by atoms with Crippen LogP contribution in [-0.2, 0) is 17.8 Å². The van der Waals surface area contributed by atoms with Gasteiger partial charge in [-0.1, -0.05) is 42.0 Å². The number of H-pyrrole nitrogens is 2. The topological polar surface area (TPSA) is 109 Å². The molecule has 3 rings (SSSR count). The minimum absolute atomic E-state index is 0.127. The van der Waals surface area contributed by atoms with Crippen LogP contribution in [0.2, 0.25) is 0 Å². The summed E-state index contributed by atoms with van der Waals surface area (Å²) in [5.41, 5.74) is 3.23. The fourth-order valence-corrected chi connectivity index (χ4v) is 3.01. The van der Waals surface area contributed by atoms with Crippen molar-refractivity contribution in [2.75, 3.05) is 4.31 Å². The van der Waals surface area contributed by atoms with E-state index in [0.29, 0.717) is 5.69 Å². The zero-order valence-electron chi connectivity index (χ0n) is 13.4. The minimum Gasteiger partial charge on any atom is -0.493 e. The minimum atomic E-state index is -2.32. The fraction of sp³-hybridized carbons (Fsp3) is 0.118. The third-order valence-corrected chi connectivity index (χ3v) is 4.53. The van der Waals surface area contributed by atoms with Crippen molar-refractivity contribution in [3.05, 3.63) is 70.3 Å². The van der Waals surface area contributed by atoms with E-state index in [0.717, 1.165) is 15.4 Å². The van der Waals surface area contributed by atoms with Crippen molar-refractivity contribution < 1.29 is 13.9 Å². The third kappa shape index (κ3) is 3.81. The van der Waals surface area contributed by atoms with Crippen molar-refractivity contribution >= 4 is 17.0 Å². The number of nitrogens with one attached hydrogen (secondary N) is 2. The Labute approximate surface area is 146 Å². The van der Waals surface area contributed by atoms with Crippen molar-refractivity contribution in [2.24, 2.45) is 0 Å². The average Bonchev–Trinajstić information content (AvgIpc) is 2.91. The van der Waals surface area contributed by atoms with Gasteiger partial charge in [-0.05, 0) is 30.2 Å². The van der Waals surface area contributed by atoms with E-state index < -0.39 is 17.0 Å². The van der Waals surface area contributed by atoms with Gasteiger partial charge in [0.25, 0.3) is 11.3 Å². The van der Waals surface area contributed by atoms with Crippen molar-refractivity contribution in [1.29, 1.82) is 0 Å². The normalized spacial score (nSPS) is 12.1. The summed E-state index contributed by atoms with van der Waals surface area (Å²) in [4.78, 5) is 15.8. The molecule has 0 aliphatic carbocycles. The number of hydrogen-bond donors (Lipinski definition) is 4. The second-order valence-electron chi connectivity index (χ2n) is 5.59. The lowest BCUT2D eigenvalue weighted by atomic mass is 10.0. The molecule has 0 amide bonds. The van der Waals surface area contributed by atoms with E-state index in [-0.39, 0.29) is 18.1 Å². The number of aromatic amines is 2. The summed E-state index contributed by atoms with van der Waals surface area (Å²) in [6.45, 7) is 1.89. The lowest BCUT2D eigenvalue weighted by molar-refractivity contribution is 0.448.